The Balaban J connectivity index is 1.86. The Kier molecular flexibility index (Phi) is 5.66. The highest BCUT2D eigenvalue weighted by Crippen LogP contribution is 2.14. The van der Waals surface area contributed by atoms with Crippen LogP contribution in [-0.4, -0.2) is 53.7 Å². The maximum atomic E-state index is 5.56. The molecule has 1 saturated heterocycles. The van der Waals surface area contributed by atoms with Crippen molar-refractivity contribution in [2.75, 3.05) is 44.2 Å². The Morgan fingerprint density at radius 3 is 2.89 bits per heavy atom. The minimum Gasteiger partial charge on any atom is -0.341 e. The molecule has 108 valence electrons. The van der Waals surface area contributed by atoms with Crippen LogP contribution >= 0.6 is 0 Å². The molecule has 0 aliphatic carbocycles. The standard InChI is InChI=1S/C14H27N5/c1-2-18-11-7-16-14(18)19-10-5-9-17(12-13-19)8-4-3-6-15/h7,11H,2-6,8-10,12-13,15H2,1H3. The van der Waals surface area contributed by atoms with E-state index in [1.54, 1.807) is 0 Å². The zero-order valence-corrected chi connectivity index (χ0v) is 12.1. The molecule has 2 heterocycles. The molecule has 5 nitrogen and oxygen atoms in total. The zero-order valence-electron chi connectivity index (χ0n) is 12.1. The van der Waals surface area contributed by atoms with Crippen LogP contribution in [-0.2, 0) is 6.54 Å². The molecule has 0 aromatic carbocycles. The smallest absolute Gasteiger partial charge is 0.205 e. The van der Waals surface area contributed by atoms with E-state index in [0.717, 1.165) is 45.1 Å². The van der Waals surface area contributed by atoms with E-state index in [0.29, 0.717) is 0 Å². The lowest BCUT2D eigenvalue weighted by Crippen LogP contribution is -2.32. The second-order valence-electron chi connectivity index (χ2n) is 5.19. The molecule has 2 rings (SSSR count). The van der Waals surface area contributed by atoms with E-state index in [-0.39, 0.29) is 0 Å². The molecule has 0 atom stereocenters. The van der Waals surface area contributed by atoms with E-state index >= 15 is 0 Å². The minimum absolute atomic E-state index is 0.813. The summed E-state index contributed by atoms with van der Waals surface area (Å²) in [5.41, 5.74) is 5.56. The van der Waals surface area contributed by atoms with Crippen LogP contribution in [0.5, 0.6) is 0 Å². The number of aryl methyl sites for hydroxylation is 1. The maximum Gasteiger partial charge on any atom is 0.205 e. The molecule has 0 unspecified atom stereocenters. The molecular weight excluding hydrogens is 238 g/mol. The van der Waals surface area contributed by atoms with Crippen molar-refractivity contribution in [1.29, 1.82) is 0 Å². The first-order chi connectivity index (χ1) is 9.35. The summed E-state index contributed by atoms with van der Waals surface area (Å²) in [5, 5.41) is 0. The van der Waals surface area contributed by atoms with Gasteiger partial charge in [0, 0.05) is 38.6 Å². The van der Waals surface area contributed by atoms with E-state index < -0.39 is 0 Å². The lowest BCUT2D eigenvalue weighted by Gasteiger charge is -2.23. The van der Waals surface area contributed by atoms with Gasteiger partial charge in [0.2, 0.25) is 5.95 Å². The minimum atomic E-state index is 0.813. The summed E-state index contributed by atoms with van der Waals surface area (Å²) in [7, 11) is 0. The van der Waals surface area contributed by atoms with Crippen molar-refractivity contribution in [2.24, 2.45) is 5.73 Å². The Morgan fingerprint density at radius 2 is 2.11 bits per heavy atom. The SMILES string of the molecule is CCn1ccnc1N1CCCN(CCCCN)CC1. The van der Waals surface area contributed by atoms with Gasteiger partial charge in [0.1, 0.15) is 0 Å². The van der Waals surface area contributed by atoms with E-state index in [1.165, 1.54) is 25.9 Å². The fourth-order valence-electron chi connectivity index (χ4n) is 2.71. The third-order valence-electron chi connectivity index (χ3n) is 3.83. The molecule has 0 radical (unpaired) electrons. The lowest BCUT2D eigenvalue weighted by molar-refractivity contribution is 0.287. The largest absolute Gasteiger partial charge is 0.341 e. The number of hydrogen-bond donors (Lipinski definition) is 1. The lowest BCUT2D eigenvalue weighted by atomic mass is 10.3. The number of nitrogens with zero attached hydrogens (tertiary/aromatic N) is 4. The molecule has 0 amide bonds. The predicted molar refractivity (Wildman–Crippen MR) is 79.5 cm³/mol. The molecule has 0 saturated carbocycles. The third kappa shape index (κ3) is 3.94. The van der Waals surface area contributed by atoms with Crippen LogP contribution in [0.25, 0.3) is 0 Å². The number of rotatable bonds is 6. The van der Waals surface area contributed by atoms with Gasteiger partial charge < -0.3 is 20.1 Å². The number of aromatic nitrogens is 2. The molecule has 1 aromatic rings. The summed E-state index contributed by atoms with van der Waals surface area (Å²) in [6.07, 6.45) is 7.56. The molecule has 0 spiro atoms. The highest BCUT2D eigenvalue weighted by atomic mass is 15.3. The van der Waals surface area contributed by atoms with Crippen LogP contribution < -0.4 is 10.6 Å². The van der Waals surface area contributed by atoms with Gasteiger partial charge in [-0.2, -0.15) is 0 Å². The second kappa shape index (κ2) is 7.50. The monoisotopic (exact) mass is 265 g/mol. The first-order valence-corrected chi connectivity index (χ1v) is 7.53. The van der Waals surface area contributed by atoms with Crippen LogP contribution in [0.15, 0.2) is 12.4 Å². The fourth-order valence-corrected chi connectivity index (χ4v) is 2.71. The average Bonchev–Trinajstić information content (AvgIpc) is 2.78. The number of hydrogen-bond acceptors (Lipinski definition) is 4. The summed E-state index contributed by atoms with van der Waals surface area (Å²) in [6, 6.07) is 0. The number of unbranched alkanes of at least 4 members (excludes halogenated alkanes) is 1. The van der Waals surface area contributed by atoms with E-state index in [1.807, 2.05) is 6.20 Å². The van der Waals surface area contributed by atoms with Gasteiger partial charge in [0.15, 0.2) is 0 Å². The Hall–Kier alpha value is -1.07. The number of anilines is 1. The molecule has 0 bridgehead atoms. The molecule has 1 aliphatic heterocycles. The van der Waals surface area contributed by atoms with Gasteiger partial charge in [-0.1, -0.05) is 0 Å². The number of nitrogens with two attached hydrogens (primary N) is 1. The van der Waals surface area contributed by atoms with Gasteiger partial charge in [-0.25, -0.2) is 4.98 Å². The second-order valence-corrected chi connectivity index (χ2v) is 5.19. The van der Waals surface area contributed by atoms with Crippen molar-refractivity contribution in [3.63, 3.8) is 0 Å². The van der Waals surface area contributed by atoms with Crippen LogP contribution in [0.3, 0.4) is 0 Å². The van der Waals surface area contributed by atoms with Crippen LogP contribution in [0.4, 0.5) is 5.95 Å². The van der Waals surface area contributed by atoms with Crippen molar-refractivity contribution >= 4 is 5.95 Å². The first kappa shape index (κ1) is 14.3. The van der Waals surface area contributed by atoms with Crippen molar-refractivity contribution in [3.8, 4) is 0 Å². The molecular formula is C14H27N5. The summed E-state index contributed by atoms with van der Waals surface area (Å²) in [4.78, 5) is 9.49. The summed E-state index contributed by atoms with van der Waals surface area (Å²) in [6.45, 7) is 9.70. The van der Waals surface area contributed by atoms with Gasteiger partial charge in [0.05, 0.1) is 0 Å². The summed E-state index contributed by atoms with van der Waals surface area (Å²) >= 11 is 0. The molecule has 19 heavy (non-hydrogen) atoms. The van der Waals surface area contributed by atoms with Crippen molar-refractivity contribution in [3.05, 3.63) is 12.4 Å². The van der Waals surface area contributed by atoms with E-state index in [4.69, 9.17) is 5.73 Å². The maximum absolute atomic E-state index is 5.56. The Labute approximate surface area is 116 Å². The van der Waals surface area contributed by atoms with Crippen LogP contribution in [0.1, 0.15) is 26.2 Å². The van der Waals surface area contributed by atoms with Crippen LogP contribution in [0.2, 0.25) is 0 Å². The zero-order chi connectivity index (χ0) is 13.5. The van der Waals surface area contributed by atoms with Crippen LogP contribution in [0, 0.1) is 0 Å². The Bertz CT molecular complexity index is 362. The third-order valence-corrected chi connectivity index (χ3v) is 3.83. The summed E-state index contributed by atoms with van der Waals surface area (Å²) < 4.78 is 2.23. The summed E-state index contributed by atoms with van der Waals surface area (Å²) in [5.74, 6) is 1.13. The number of imidazole rings is 1. The van der Waals surface area contributed by atoms with Gasteiger partial charge in [-0.15, -0.1) is 0 Å². The normalized spacial score (nSPS) is 17.7. The first-order valence-electron chi connectivity index (χ1n) is 7.53. The molecule has 1 fully saturated rings. The highest BCUT2D eigenvalue weighted by Gasteiger charge is 2.17. The van der Waals surface area contributed by atoms with Crippen molar-refractivity contribution in [2.45, 2.75) is 32.7 Å². The van der Waals surface area contributed by atoms with Crippen molar-refractivity contribution < 1.29 is 0 Å². The van der Waals surface area contributed by atoms with E-state index in [9.17, 15) is 0 Å². The molecule has 2 N–H and O–H groups in total. The average molecular weight is 265 g/mol. The van der Waals surface area contributed by atoms with Crippen molar-refractivity contribution in [1.82, 2.24) is 14.5 Å². The van der Waals surface area contributed by atoms with Gasteiger partial charge in [0.25, 0.3) is 0 Å². The molecule has 1 aromatic heterocycles. The fraction of sp³-hybridized carbons (Fsp3) is 0.786. The van der Waals surface area contributed by atoms with Gasteiger partial charge >= 0.3 is 0 Å². The Morgan fingerprint density at radius 1 is 1.21 bits per heavy atom. The molecule has 5 heteroatoms. The van der Waals surface area contributed by atoms with Gasteiger partial charge in [-0.3, -0.25) is 0 Å². The topological polar surface area (TPSA) is 50.3 Å². The quantitative estimate of drug-likeness (QED) is 0.784. The van der Waals surface area contributed by atoms with E-state index in [2.05, 4.69) is 32.5 Å². The highest BCUT2D eigenvalue weighted by molar-refractivity contribution is 5.31. The predicted octanol–water partition coefficient (Wildman–Crippen LogP) is 1.15. The molecule has 1 aliphatic rings. The van der Waals surface area contributed by atoms with Gasteiger partial charge in [-0.05, 0) is 45.8 Å².